The summed E-state index contributed by atoms with van der Waals surface area (Å²) < 4.78 is 5.34. The third kappa shape index (κ3) is 4.26. The van der Waals surface area contributed by atoms with Crippen molar-refractivity contribution in [1.82, 2.24) is 10.2 Å². The maximum Gasteiger partial charge on any atom is 0.320 e. The van der Waals surface area contributed by atoms with Crippen LogP contribution < -0.4 is 5.32 Å². The summed E-state index contributed by atoms with van der Waals surface area (Å²) in [4.78, 5) is 10.4. The minimum Gasteiger partial charge on any atom is -0.481 e. The van der Waals surface area contributed by atoms with Crippen molar-refractivity contribution in [2.24, 2.45) is 0 Å². The number of aliphatic carboxylic acids is 1. The summed E-state index contributed by atoms with van der Waals surface area (Å²) in [6.07, 6.45) is 1.00. The van der Waals surface area contributed by atoms with Crippen LogP contribution in [0.3, 0.4) is 0 Å². The van der Waals surface area contributed by atoms with E-state index in [0.29, 0.717) is 23.8 Å². The number of carbonyl (C=O) groups is 1. The second-order valence-corrected chi connectivity index (χ2v) is 4.32. The Morgan fingerprint density at radius 3 is 2.74 bits per heavy atom. The molecule has 0 bridgehead atoms. The van der Waals surface area contributed by atoms with Crippen LogP contribution in [0.25, 0.3) is 0 Å². The molecule has 100 valence electrons. The lowest BCUT2D eigenvalue weighted by Crippen LogP contribution is -1.95. The molecule has 7 heteroatoms. The average molecular weight is 282 g/mol. The summed E-state index contributed by atoms with van der Waals surface area (Å²) in [5, 5.41) is 19.8. The highest BCUT2D eigenvalue weighted by Crippen LogP contribution is 2.18. The van der Waals surface area contributed by atoms with Crippen molar-refractivity contribution in [2.75, 3.05) is 5.32 Å². The fraction of sp³-hybridized carbons (Fsp3) is 0.250. The van der Waals surface area contributed by atoms with Gasteiger partial charge in [-0.1, -0.05) is 16.7 Å². The Bertz CT molecular complexity index is 554. The Hall–Kier alpha value is -2.08. The van der Waals surface area contributed by atoms with Crippen molar-refractivity contribution < 1.29 is 14.3 Å². The van der Waals surface area contributed by atoms with E-state index >= 15 is 0 Å². The predicted octanol–water partition coefficient (Wildman–Crippen LogP) is 2.87. The van der Waals surface area contributed by atoms with Gasteiger partial charge < -0.3 is 14.8 Å². The minimum absolute atomic E-state index is 0.0856. The lowest BCUT2D eigenvalue weighted by Gasteiger charge is -2.00. The lowest BCUT2D eigenvalue weighted by atomic mass is 10.2. The zero-order valence-electron chi connectivity index (χ0n) is 9.97. The molecule has 2 N–H and O–H groups in total. The molecule has 1 aromatic carbocycles. The summed E-state index contributed by atoms with van der Waals surface area (Å²) >= 11 is 5.77. The van der Waals surface area contributed by atoms with Crippen molar-refractivity contribution in [1.29, 1.82) is 0 Å². The maximum absolute atomic E-state index is 10.4. The van der Waals surface area contributed by atoms with Crippen LogP contribution in [0.15, 0.2) is 28.7 Å². The number of nitrogens with one attached hydrogen (secondary N) is 1. The molecule has 2 aromatic rings. The Labute approximate surface area is 114 Å². The molecule has 0 aliphatic heterocycles. The quantitative estimate of drug-likeness (QED) is 0.846. The van der Waals surface area contributed by atoms with Crippen molar-refractivity contribution in [3.63, 3.8) is 0 Å². The largest absolute Gasteiger partial charge is 0.481 e. The molecular formula is C12H12ClN3O3. The van der Waals surface area contributed by atoms with Crippen LogP contribution in [0.5, 0.6) is 0 Å². The van der Waals surface area contributed by atoms with Crippen LogP contribution in [-0.2, 0) is 11.2 Å². The van der Waals surface area contributed by atoms with Gasteiger partial charge in [0.25, 0.3) is 0 Å². The first-order valence-electron chi connectivity index (χ1n) is 5.70. The van der Waals surface area contributed by atoms with E-state index in [-0.39, 0.29) is 12.4 Å². The predicted molar refractivity (Wildman–Crippen MR) is 69.6 cm³/mol. The molecule has 0 aliphatic rings. The third-order valence-electron chi connectivity index (χ3n) is 2.34. The normalized spacial score (nSPS) is 10.4. The molecule has 2 rings (SSSR count). The number of rotatable bonds is 6. The highest BCUT2D eigenvalue weighted by Gasteiger charge is 2.07. The van der Waals surface area contributed by atoms with Crippen molar-refractivity contribution in [3.05, 3.63) is 35.2 Å². The van der Waals surface area contributed by atoms with Crippen LogP contribution in [0.1, 0.15) is 18.7 Å². The number of aromatic nitrogens is 2. The van der Waals surface area contributed by atoms with E-state index in [2.05, 4.69) is 15.5 Å². The van der Waals surface area contributed by atoms with Gasteiger partial charge in [0.1, 0.15) is 0 Å². The molecule has 0 aliphatic carbocycles. The molecule has 0 saturated carbocycles. The van der Waals surface area contributed by atoms with Crippen LogP contribution in [0, 0.1) is 0 Å². The summed E-state index contributed by atoms with van der Waals surface area (Å²) in [6.45, 7) is 0. The number of carboxylic acids is 1. The first kappa shape index (κ1) is 13.4. The van der Waals surface area contributed by atoms with Crippen molar-refractivity contribution in [3.8, 4) is 0 Å². The Balaban J connectivity index is 1.90. The average Bonchev–Trinajstić information content (AvgIpc) is 2.79. The van der Waals surface area contributed by atoms with Crippen LogP contribution >= 0.6 is 11.6 Å². The van der Waals surface area contributed by atoms with Gasteiger partial charge in [-0.25, -0.2) is 0 Å². The van der Waals surface area contributed by atoms with Gasteiger partial charge >= 0.3 is 12.0 Å². The number of hydrogen-bond donors (Lipinski definition) is 2. The number of hydrogen-bond acceptors (Lipinski definition) is 5. The molecule has 0 amide bonds. The standard InChI is InChI=1S/C12H12ClN3O3/c13-8-4-6-9(7-5-8)14-12-16-15-10(19-12)2-1-3-11(17)18/h4-7H,1-3H2,(H,14,16)(H,17,18). The zero-order valence-corrected chi connectivity index (χ0v) is 10.7. The fourth-order valence-corrected chi connectivity index (χ4v) is 1.58. The van der Waals surface area contributed by atoms with E-state index in [1.807, 2.05) is 0 Å². The molecule has 0 unspecified atom stereocenters. The zero-order chi connectivity index (χ0) is 13.7. The SMILES string of the molecule is O=C(O)CCCc1nnc(Nc2ccc(Cl)cc2)o1. The van der Waals surface area contributed by atoms with Gasteiger partial charge in [-0.3, -0.25) is 4.79 Å². The molecule has 1 heterocycles. The minimum atomic E-state index is -0.834. The first-order chi connectivity index (χ1) is 9.13. The molecule has 0 fully saturated rings. The lowest BCUT2D eigenvalue weighted by molar-refractivity contribution is -0.137. The van der Waals surface area contributed by atoms with Crippen LogP contribution in [0.4, 0.5) is 11.7 Å². The molecule has 1 aromatic heterocycles. The number of halogens is 1. The van der Waals surface area contributed by atoms with Crippen molar-refractivity contribution in [2.45, 2.75) is 19.3 Å². The van der Waals surface area contributed by atoms with Gasteiger partial charge in [-0.15, -0.1) is 5.10 Å². The summed E-state index contributed by atoms with van der Waals surface area (Å²) in [6, 6.07) is 7.34. The van der Waals surface area contributed by atoms with E-state index in [1.165, 1.54) is 0 Å². The monoisotopic (exact) mass is 281 g/mol. The number of benzene rings is 1. The van der Waals surface area contributed by atoms with Crippen LogP contribution in [0.2, 0.25) is 5.02 Å². The molecule has 19 heavy (non-hydrogen) atoms. The Morgan fingerprint density at radius 1 is 1.32 bits per heavy atom. The highest BCUT2D eigenvalue weighted by molar-refractivity contribution is 6.30. The molecule has 6 nitrogen and oxygen atoms in total. The van der Waals surface area contributed by atoms with E-state index in [1.54, 1.807) is 24.3 Å². The molecular weight excluding hydrogens is 270 g/mol. The van der Waals surface area contributed by atoms with E-state index in [0.717, 1.165) is 5.69 Å². The summed E-state index contributed by atoms with van der Waals surface area (Å²) in [5.74, 6) is -0.420. The molecule has 0 atom stereocenters. The maximum atomic E-state index is 10.4. The summed E-state index contributed by atoms with van der Waals surface area (Å²) in [5.41, 5.74) is 0.783. The third-order valence-corrected chi connectivity index (χ3v) is 2.60. The van der Waals surface area contributed by atoms with Gasteiger partial charge in [0, 0.05) is 23.6 Å². The van der Waals surface area contributed by atoms with E-state index in [4.69, 9.17) is 21.1 Å². The number of carboxylic acid groups (broad SMARTS) is 1. The van der Waals surface area contributed by atoms with Gasteiger partial charge in [0.05, 0.1) is 0 Å². The fourth-order valence-electron chi connectivity index (χ4n) is 1.45. The summed E-state index contributed by atoms with van der Waals surface area (Å²) in [7, 11) is 0. The Morgan fingerprint density at radius 2 is 2.05 bits per heavy atom. The van der Waals surface area contributed by atoms with E-state index < -0.39 is 5.97 Å². The first-order valence-corrected chi connectivity index (χ1v) is 6.08. The molecule has 0 spiro atoms. The number of aryl methyl sites for hydroxylation is 1. The number of nitrogens with zero attached hydrogens (tertiary/aromatic N) is 2. The van der Waals surface area contributed by atoms with Crippen molar-refractivity contribution >= 4 is 29.3 Å². The van der Waals surface area contributed by atoms with Crippen LogP contribution in [-0.4, -0.2) is 21.3 Å². The topological polar surface area (TPSA) is 88.2 Å². The second kappa shape index (κ2) is 6.19. The highest BCUT2D eigenvalue weighted by atomic mass is 35.5. The Kier molecular flexibility index (Phi) is 4.35. The van der Waals surface area contributed by atoms with Gasteiger partial charge in [-0.2, -0.15) is 0 Å². The number of anilines is 2. The second-order valence-electron chi connectivity index (χ2n) is 3.88. The molecule has 0 saturated heterocycles. The smallest absolute Gasteiger partial charge is 0.320 e. The van der Waals surface area contributed by atoms with E-state index in [9.17, 15) is 4.79 Å². The van der Waals surface area contributed by atoms with Gasteiger partial charge in [-0.05, 0) is 30.7 Å². The van der Waals surface area contributed by atoms with Gasteiger partial charge in [0.2, 0.25) is 5.89 Å². The molecule has 0 radical (unpaired) electrons. The van der Waals surface area contributed by atoms with Gasteiger partial charge in [0.15, 0.2) is 0 Å².